The van der Waals surface area contributed by atoms with Crippen LogP contribution in [0.2, 0.25) is 0 Å². The number of aryl methyl sites for hydroxylation is 1. The number of nitrogens with two attached hydrogens (primary N) is 1. The number of nitrogens with zero attached hydrogens (tertiary/aromatic N) is 3. The third-order valence-electron chi connectivity index (χ3n) is 6.11. The molecule has 1 fully saturated rings. The molecule has 5 rings (SSSR count). The second-order valence-electron chi connectivity index (χ2n) is 7.98. The molecule has 0 bridgehead atoms. The Bertz CT molecular complexity index is 1170. The number of rotatable bonds is 3. The minimum atomic E-state index is -0.311. The molecule has 0 atom stereocenters. The highest BCUT2D eigenvalue weighted by molar-refractivity contribution is 6.17. The molecule has 7 heteroatoms. The van der Waals surface area contributed by atoms with Crippen LogP contribution >= 0.6 is 0 Å². The highest BCUT2D eigenvalue weighted by Gasteiger charge is 2.31. The van der Waals surface area contributed by atoms with E-state index in [2.05, 4.69) is 9.88 Å². The van der Waals surface area contributed by atoms with Gasteiger partial charge in [-0.05, 0) is 49.6 Å². The van der Waals surface area contributed by atoms with Crippen molar-refractivity contribution < 1.29 is 14.6 Å². The molecule has 30 heavy (non-hydrogen) atoms. The van der Waals surface area contributed by atoms with Gasteiger partial charge in [0.05, 0.1) is 0 Å². The first kappa shape index (κ1) is 18.7. The van der Waals surface area contributed by atoms with Crippen molar-refractivity contribution in [2.24, 2.45) is 18.7 Å². The lowest BCUT2D eigenvalue weighted by Gasteiger charge is -2.33. The van der Waals surface area contributed by atoms with Crippen LogP contribution in [0.15, 0.2) is 42.4 Å². The lowest BCUT2D eigenvalue weighted by Crippen LogP contribution is -2.36. The zero-order valence-electron chi connectivity index (χ0n) is 16.8. The molecule has 3 aromatic rings. The number of ketones is 1. The van der Waals surface area contributed by atoms with Gasteiger partial charge in [0.15, 0.2) is 5.76 Å². The summed E-state index contributed by atoms with van der Waals surface area (Å²) in [5.74, 6) is 0.786. The zero-order valence-corrected chi connectivity index (χ0v) is 16.8. The summed E-state index contributed by atoms with van der Waals surface area (Å²) in [5, 5.41) is 11.1. The third kappa shape index (κ3) is 2.93. The van der Waals surface area contributed by atoms with Crippen LogP contribution < -0.4 is 15.4 Å². The van der Waals surface area contributed by atoms with Gasteiger partial charge in [0.1, 0.15) is 22.7 Å². The number of hydrogen-bond acceptors (Lipinski definition) is 6. The number of fused-ring (bicyclic) bond motifs is 2. The van der Waals surface area contributed by atoms with E-state index in [0.717, 1.165) is 54.8 Å². The monoisotopic (exact) mass is 404 g/mol. The Balaban J connectivity index is 1.57. The molecular formula is C23H24N4O3. The van der Waals surface area contributed by atoms with E-state index in [0.29, 0.717) is 11.7 Å². The van der Waals surface area contributed by atoms with Crippen LogP contribution in [0.1, 0.15) is 28.8 Å². The highest BCUT2D eigenvalue weighted by atomic mass is 16.5. The van der Waals surface area contributed by atoms with Gasteiger partial charge < -0.3 is 25.0 Å². The van der Waals surface area contributed by atoms with Crippen LogP contribution in [-0.4, -0.2) is 40.1 Å². The Hall–Kier alpha value is -3.32. The summed E-state index contributed by atoms with van der Waals surface area (Å²) in [5.41, 5.74) is 8.89. The number of Topliss-reactive ketones (excluding diaryl/α,β-unsaturated/α-hetero) is 1. The molecule has 0 saturated carbocycles. The van der Waals surface area contributed by atoms with Gasteiger partial charge in [-0.15, -0.1) is 0 Å². The second-order valence-corrected chi connectivity index (χ2v) is 7.98. The summed E-state index contributed by atoms with van der Waals surface area (Å²) in [7, 11) is 1.94. The molecule has 4 heterocycles. The molecule has 2 aliphatic heterocycles. The zero-order chi connectivity index (χ0) is 20.8. The fourth-order valence-electron chi connectivity index (χ4n) is 4.46. The van der Waals surface area contributed by atoms with Crippen molar-refractivity contribution in [2.75, 3.05) is 24.5 Å². The largest absolute Gasteiger partial charge is 0.507 e. The van der Waals surface area contributed by atoms with Crippen molar-refractivity contribution in [3.8, 4) is 11.5 Å². The molecule has 3 N–H and O–H groups in total. The van der Waals surface area contributed by atoms with Crippen LogP contribution in [0.25, 0.3) is 17.1 Å². The number of hydrogen-bond donors (Lipinski definition) is 2. The molecule has 2 aromatic heterocycles. The summed E-state index contributed by atoms with van der Waals surface area (Å²) in [4.78, 5) is 19.8. The average Bonchev–Trinajstić information content (AvgIpc) is 3.26. The fraction of sp³-hybridized carbons (Fsp3) is 0.304. The van der Waals surface area contributed by atoms with Crippen LogP contribution in [0, 0.1) is 5.92 Å². The molecule has 0 aliphatic carbocycles. The Morgan fingerprint density at radius 1 is 1.30 bits per heavy atom. The molecule has 154 valence electrons. The number of pyridine rings is 1. The number of piperidine rings is 1. The van der Waals surface area contributed by atoms with E-state index in [1.165, 1.54) is 6.07 Å². The molecule has 1 aromatic carbocycles. The van der Waals surface area contributed by atoms with Gasteiger partial charge in [0.25, 0.3) is 0 Å². The first-order valence-electron chi connectivity index (χ1n) is 10.2. The predicted molar refractivity (Wildman–Crippen MR) is 116 cm³/mol. The van der Waals surface area contributed by atoms with Gasteiger partial charge >= 0.3 is 0 Å². The minimum absolute atomic E-state index is 0.0658. The Morgan fingerprint density at radius 3 is 2.83 bits per heavy atom. The van der Waals surface area contributed by atoms with E-state index in [-0.39, 0.29) is 22.9 Å². The second kappa shape index (κ2) is 7.18. The highest BCUT2D eigenvalue weighted by Crippen LogP contribution is 2.39. The Morgan fingerprint density at radius 2 is 2.10 bits per heavy atom. The van der Waals surface area contributed by atoms with Gasteiger partial charge in [0.2, 0.25) is 5.78 Å². The van der Waals surface area contributed by atoms with Crippen molar-refractivity contribution in [3.05, 3.63) is 53.5 Å². The summed E-state index contributed by atoms with van der Waals surface area (Å²) in [6.07, 6.45) is 7.68. The Labute approximate surface area is 174 Å². The van der Waals surface area contributed by atoms with Crippen LogP contribution in [0.5, 0.6) is 11.5 Å². The number of carbonyl (C=O) groups excluding carboxylic acids is 1. The average molecular weight is 404 g/mol. The van der Waals surface area contributed by atoms with Gasteiger partial charge in [-0.2, -0.15) is 0 Å². The third-order valence-corrected chi connectivity index (χ3v) is 6.11. The van der Waals surface area contributed by atoms with E-state index in [4.69, 9.17) is 10.5 Å². The number of benzene rings is 1. The molecule has 0 radical (unpaired) electrons. The van der Waals surface area contributed by atoms with Gasteiger partial charge in [-0.1, -0.05) is 6.07 Å². The van der Waals surface area contributed by atoms with Crippen molar-refractivity contribution in [1.29, 1.82) is 0 Å². The molecule has 0 amide bonds. The number of aromatic hydroxyl groups is 1. The van der Waals surface area contributed by atoms with E-state index in [9.17, 15) is 9.90 Å². The smallest absolute Gasteiger partial charge is 0.235 e. The standard InChI is InChI=1S/C23H24N4O3/c1-26-13-15(11-19-22(29)21-17(28)3-2-4-18(21)30-19)20-16(5-8-25-23(20)26)27-9-6-14(12-24)7-10-27/h2-5,8,11,13-14,28H,6-7,9-10,12,24H2,1H3. The molecule has 2 aliphatic rings. The number of aromatic nitrogens is 2. The van der Waals surface area contributed by atoms with Gasteiger partial charge in [-0.25, -0.2) is 4.98 Å². The molecule has 0 spiro atoms. The number of allylic oxidation sites excluding steroid dienone is 1. The normalized spacial score (nSPS) is 18.3. The predicted octanol–water partition coefficient (Wildman–Crippen LogP) is 3.07. The summed E-state index contributed by atoms with van der Waals surface area (Å²) >= 11 is 0. The maximum atomic E-state index is 12.8. The number of carbonyl (C=O) groups is 1. The number of ether oxygens (including phenoxy) is 1. The van der Waals surface area contributed by atoms with E-state index >= 15 is 0 Å². The first-order valence-corrected chi connectivity index (χ1v) is 10.2. The maximum absolute atomic E-state index is 12.8. The van der Waals surface area contributed by atoms with Crippen LogP contribution in [0.4, 0.5) is 5.69 Å². The molecule has 1 saturated heterocycles. The SMILES string of the molecule is Cn1cc(C=C2Oc3cccc(O)c3C2=O)c2c(N3CCC(CN)CC3)ccnc21. The van der Waals surface area contributed by atoms with Gasteiger partial charge in [0, 0.05) is 49.2 Å². The van der Waals surface area contributed by atoms with Gasteiger partial charge in [-0.3, -0.25) is 4.79 Å². The van der Waals surface area contributed by atoms with Crippen LogP contribution in [-0.2, 0) is 7.05 Å². The van der Waals surface area contributed by atoms with Crippen LogP contribution in [0.3, 0.4) is 0 Å². The topological polar surface area (TPSA) is 93.6 Å². The molecule has 7 nitrogen and oxygen atoms in total. The molecule has 0 unspecified atom stereocenters. The summed E-state index contributed by atoms with van der Waals surface area (Å²) in [6, 6.07) is 6.87. The van der Waals surface area contributed by atoms with E-state index < -0.39 is 0 Å². The lowest BCUT2D eigenvalue weighted by molar-refractivity contribution is 0.101. The summed E-state index contributed by atoms with van der Waals surface area (Å²) < 4.78 is 7.73. The minimum Gasteiger partial charge on any atom is -0.507 e. The van der Waals surface area contributed by atoms with Crippen molar-refractivity contribution in [3.63, 3.8) is 0 Å². The maximum Gasteiger partial charge on any atom is 0.235 e. The van der Waals surface area contributed by atoms with E-state index in [1.54, 1.807) is 18.2 Å². The van der Waals surface area contributed by atoms with Crippen molar-refractivity contribution >= 4 is 28.6 Å². The van der Waals surface area contributed by atoms with Crippen molar-refractivity contribution in [1.82, 2.24) is 9.55 Å². The first-order chi connectivity index (χ1) is 14.6. The van der Waals surface area contributed by atoms with E-state index in [1.807, 2.05) is 30.1 Å². The number of anilines is 1. The fourth-order valence-corrected chi connectivity index (χ4v) is 4.46. The number of phenols is 1. The van der Waals surface area contributed by atoms with Crippen molar-refractivity contribution in [2.45, 2.75) is 12.8 Å². The Kier molecular flexibility index (Phi) is 4.47. The quantitative estimate of drug-likeness (QED) is 0.652. The summed E-state index contributed by atoms with van der Waals surface area (Å²) in [6.45, 7) is 2.62. The lowest BCUT2D eigenvalue weighted by atomic mass is 9.96. The molecular weight excluding hydrogens is 380 g/mol. The number of phenolic OH excluding ortho intramolecular Hbond substituents is 1.